The summed E-state index contributed by atoms with van der Waals surface area (Å²) in [4.78, 5) is 16.0. The number of nitrogens with zero attached hydrogens (tertiary/aromatic N) is 1. The molecule has 1 N–H and O–H groups in total. The minimum atomic E-state index is -0.567. The van der Waals surface area contributed by atoms with Gasteiger partial charge in [0.1, 0.15) is 5.75 Å². The van der Waals surface area contributed by atoms with Gasteiger partial charge in [-0.25, -0.2) is 4.98 Å². The summed E-state index contributed by atoms with van der Waals surface area (Å²) in [5.74, 6) is 0.367. The summed E-state index contributed by atoms with van der Waals surface area (Å²) < 4.78 is 5.64. The molecule has 0 aliphatic rings. The van der Waals surface area contributed by atoms with E-state index in [4.69, 9.17) is 16.3 Å². The van der Waals surface area contributed by atoms with Gasteiger partial charge >= 0.3 is 0 Å². The SMILES string of the molecule is CC[C@H](Oc1cccc(Cl)c1)C(=O)Nc1nccs1. The van der Waals surface area contributed by atoms with Crippen LogP contribution in [0.15, 0.2) is 35.8 Å². The smallest absolute Gasteiger partial charge is 0.267 e. The fourth-order valence-electron chi connectivity index (χ4n) is 1.50. The monoisotopic (exact) mass is 296 g/mol. The van der Waals surface area contributed by atoms with E-state index in [-0.39, 0.29) is 5.91 Å². The quantitative estimate of drug-likeness (QED) is 0.917. The van der Waals surface area contributed by atoms with Gasteiger partial charge in [-0.1, -0.05) is 24.6 Å². The van der Waals surface area contributed by atoms with E-state index in [1.165, 1.54) is 11.3 Å². The van der Waals surface area contributed by atoms with E-state index in [9.17, 15) is 4.79 Å². The first-order valence-electron chi connectivity index (χ1n) is 5.81. The predicted molar refractivity (Wildman–Crippen MR) is 76.9 cm³/mol. The van der Waals surface area contributed by atoms with Gasteiger partial charge in [0.15, 0.2) is 11.2 Å². The van der Waals surface area contributed by atoms with E-state index in [0.29, 0.717) is 22.3 Å². The van der Waals surface area contributed by atoms with E-state index >= 15 is 0 Å². The second-order valence-electron chi connectivity index (χ2n) is 3.80. The molecule has 4 nitrogen and oxygen atoms in total. The average molecular weight is 297 g/mol. The number of hydrogen-bond donors (Lipinski definition) is 1. The normalized spacial score (nSPS) is 11.9. The second kappa shape index (κ2) is 6.54. The van der Waals surface area contributed by atoms with Gasteiger partial charge in [0.25, 0.3) is 5.91 Å². The number of nitrogens with one attached hydrogen (secondary N) is 1. The number of rotatable bonds is 5. The van der Waals surface area contributed by atoms with Gasteiger partial charge in [-0.2, -0.15) is 0 Å². The number of aromatic nitrogens is 1. The molecule has 0 bridgehead atoms. The van der Waals surface area contributed by atoms with E-state index < -0.39 is 6.10 Å². The Balaban J connectivity index is 2.01. The maximum absolute atomic E-state index is 12.0. The molecule has 1 aromatic carbocycles. The van der Waals surface area contributed by atoms with Crippen LogP contribution < -0.4 is 10.1 Å². The van der Waals surface area contributed by atoms with Gasteiger partial charge < -0.3 is 4.74 Å². The summed E-state index contributed by atoms with van der Waals surface area (Å²) in [5, 5.41) is 5.66. The van der Waals surface area contributed by atoms with Crippen molar-refractivity contribution in [2.24, 2.45) is 0 Å². The van der Waals surface area contributed by atoms with Gasteiger partial charge in [-0.3, -0.25) is 10.1 Å². The molecule has 1 heterocycles. The number of hydrogen-bond acceptors (Lipinski definition) is 4. The molecular weight excluding hydrogens is 284 g/mol. The van der Waals surface area contributed by atoms with Crippen LogP contribution in [0.1, 0.15) is 13.3 Å². The number of anilines is 1. The summed E-state index contributed by atoms with van der Waals surface area (Å²) in [5.41, 5.74) is 0. The molecule has 0 aliphatic heterocycles. The largest absolute Gasteiger partial charge is 0.481 e. The lowest BCUT2D eigenvalue weighted by Gasteiger charge is -2.16. The molecule has 1 amide bonds. The molecule has 0 spiro atoms. The third-order valence-electron chi connectivity index (χ3n) is 2.40. The third-order valence-corrected chi connectivity index (χ3v) is 3.32. The van der Waals surface area contributed by atoms with Crippen LogP contribution >= 0.6 is 22.9 Å². The zero-order valence-corrected chi connectivity index (χ0v) is 11.9. The standard InChI is InChI=1S/C13H13ClN2O2S/c1-2-11(12(17)16-13-15-6-7-19-13)18-10-5-3-4-9(14)8-10/h3-8,11H,2H2,1H3,(H,15,16,17)/t11-/m0/s1. The Labute approximate surface area is 120 Å². The lowest BCUT2D eigenvalue weighted by Crippen LogP contribution is -2.32. The van der Waals surface area contributed by atoms with Crippen LogP contribution in [0.3, 0.4) is 0 Å². The highest BCUT2D eigenvalue weighted by atomic mass is 35.5. The third kappa shape index (κ3) is 3.94. The van der Waals surface area contributed by atoms with Crippen molar-refractivity contribution in [3.63, 3.8) is 0 Å². The topological polar surface area (TPSA) is 51.2 Å². The zero-order chi connectivity index (χ0) is 13.7. The number of ether oxygens (including phenoxy) is 1. The Hall–Kier alpha value is -1.59. The lowest BCUT2D eigenvalue weighted by atomic mass is 10.2. The Morgan fingerprint density at radius 3 is 3.05 bits per heavy atom. The molecular formula is C13H13ClN2O2S. The molecule has 0 unspecified atom stereocenters. The average Bonchev–Trinajstić information content (AvgIpc) is 2.88. The molecule has 0 fully saturated rings. The molecule has 0 radical (unpaired) electrons. The Kier molecular flexibility index (Phi) is 4.76. The second-order valence-corrected chi connectivity index (χ2v) is 5.13. The predicted octanol–water partition coefficient (Wildman–Crippen LogP) is 3.59. The van der Waals surface area contributed by atoms with Crippen molar-refractivity contribution in [2.75, 3.05) is 5.32 Å². The number of thiazole rings is 1. The fourth-order valence-corrected chi connectivity index (χ4v) is 2.21. The summed E-state index contributed by atoms with van der Waals surface area (Å²) in [6, 6.07) is 6.99. The van der Waals surface area contributed by atoms with Crippen molar-refractivity contribution in [1.29, 1.82) is 0 Å². The van der Waals surface area contributed by atoms with Crippen molar-refractivity contribution in [3.05, 3.63) is 40.9 Å². The highest BCUT2D eigenvalue weighted by Gasteiger charge is 2.19. The molecule has 1 atom stereocenters. The highest BCUT2D eigenvalue weighted by molar-refractivity contribution is 7.13. The van der Waals surface area contributed by atoms with Crippen molar-refractivity contribution in [3.8, 4) is 5.75 Å². The number of carbonyl (C=O) groups is 1. The number of carbonyl (C=O) groups excluding carboxylic acids is 1. The van der Waals surface area contributed by atoms with Gasteiger partial charge in [0.2, 0.25) is 0 Å². The first-order chi connectivity index (χ1) is 9.19. The van der Waals surface area contributed by atoms with Crippen molar-refractivity contribution < 1.29 is 9.53 Å². The Morgan fingerprint density at radius 1 is 1.58 bits per heavy atom. The molecule has 1 aromatic heterocycles. The lowest BCUT2D eigenvalue weighted by molar-refractivity contribution is -0.122. The molecule has 0 saturated carbocycles. The number of benzene rings is 1. The van der Waals surface area contributed by atoms with Gasteiger partial charge in [-0.05, 0) is 24.6 Å². The van der Waals surface area contributed by atoms with E-state index in [1.54, 1.807) is 35.8 Å². The molecule has 6 heteroatoms. The number of amides is 1. The van der Waals surface area contributed by atoms with Crippen LogP contribution in [-0.4, -0.2) is 17.0 Å². The summed E-state index contributed by atoms with van der Waals surface area (Å²) in [6.45, 7) is 1.89. The number of halogens is 1. The van der Waals surface area contributed by atoms with Crippen LogP contribution in [0.4, 0.5) is 5.13 Å². The maximum atomic E-state index is 12.0. The summed E-state index contributed by atoms with van der Waals surface area (Å²) >= 11 is 7.25. The fraction of sp³-hybridized carbons (Fsp3) is 0.231. The zero-order valence-electron chi connectivity index (χ0n) is 10.3. The van der Waals surface area contributed by atoms with Crippen LogP contribution in [0.25, 0.3) is 0 Å². The van der Waals surface area contributed by atoms with Crippen molar-refractivity contribution in [1.82, 2.24) is 4.98 Å². The molecule has 2 aromatic rings. The van der Waals surface area contributed by atoms with Crippen LogP contribution in [-0.2, 0) is 4.79 Å². The van der Waals surface area contributed by atoms with Gasteiger partial charge in [0, 0.05) is 16.6 Å². The summed E-state index contributed by atoms with van der Waals surface area (Å²) in [6.07, 6.45) is 1.63. The first-order valence-corrected chi connectivity index (χ1v) is 7.07. The molecule has 100 valence electrons. The molecule has 0 saturated heterocycles. The van der Waals surface area contributed by atoms with Crippen LogP contribution in [0.2, 0.25) is 5.02 Å². The molecule has 19 heavy (non-hydrogen) atoms. The van der Waals surface area contributed by atoms with E-state index in [2.05, 4.69) is 10.3 Å². The Morgan fingerprint density at radius 2 is 2.42 bits per heavy atom. The maximum Gasteiger partial charge on any atom is 0.267 e. The van der Waals surface area contributed by atoms with Crippen LogP contribution in [0.5, 0.6) is 5.75 Å². The minimum absolute atomic E-state index is 0.211. The van der Waals surface area contributed by atoms with Crippen molar-refractivity contribution in [2.45, 2.75) is 19.4 Å². The van der Waals surface area contributed by atoms with Crippen molar-refractivity contribution >= 4 is 34.0 Å². The van der Waals surface area contributed by atoms with E-state index in [1.807, 2.05) is 6.92 Å². The minimum Gasteiger partial charge on any atom is -0.481 e. The highest BCUT2D eigenvalue weighted by Crippen LogP contribution is 2.20. The Bertz CT molecular complexity index is 545. The van der Waals surface area contributed by atoms with Gasteiger partial charge in [0.05, 0.1) is 0 Å². The summed E-state index contributed by atoms with van der Waals surface area (Å²) in [7, 11) is 0. The molecule has 0 aliphatic carbocycles. The molecule has 2 rings (SSSR count). The van der Waals surface area contributed by atoms with Gasteiger partial charge in [-0.15, -0.1) is 11.3 Å². The van der Waals surface area contributed by atoms with E-state index in [0.717, 1.165) is 0 Å². The van der Waals surface area contributed by atoms with Crippen LogP contribution in [0, 0.1) is 0 Å². The first kappa shape index (κ1) is 13.8.